The van der Waals surface area contributed by atoms with Gasteiger partial charge in [-0.15, -0.1) is 0 Å². The Morgan fingerprint density at radius 2 is 2.11 bits per heavy atom. The van der Waals surface area contributed by atoms with E-state index >= 15 is 0 Å². The van der Waals surface area contributed by atoms with Crippen molar-refractivity contribution < 1.29 is 9.90 Å². The molecule has 4 rings (SSSR count). The first-order chi connectivity index (χ1) is 13.5. The van der Waals surface area contributed by atoms with Gasteiger partial charge in [0.2, 0.25) is 0 Å². The van der Waals surface area contributed by atoms with Crippen molar-refractivity contribution in [3.8, 4) is 5.75 Å². The number of rotatable bonds is 4. The summed E-state index contributed by atoms with van der Waals surface area (Å²) in [6.07, 6.45) is 6.28. The predicted molar refractivity (Wildman–Crippen MR) is 108 cm³/mol. The molecule has 8 heteroatoms. The van der Waals surface area contributed by atoms with Crippen molar-refractivity contribution in [2.75, 3.05) is 29.9 Å². The number of carbonyl (C=O) groups is 1. The van der Waals surface area contributed by atoms with Gasteiger partial charge in [-0.2, -0.15) is 5.10 Å². The average molecular weight is 380 g/mol. The number of nitrogens with one attached hydrogen (secondary N) is 1. The molecule has 0 radical (unpaired) electrons. The van der Waals surface area contributed by atoms with Crippen LogP contribution in [-0.4, -0.2) is 45.2 Å². The highest BCUT2D eigenvalue weighted by Crippen LogP contribution is 2.31. The quantitative estimate of drug-likeness (QED) is 0.640. The van der Waals surface area contributed by atoms with Crippen molar-refractivity contribution in [1.82, 2.24) is 14.6 Å². The molecule has 28 heavy (non-hydrogen) atoms. The first kappa shape index (κ1) is 18.2. The standard InChI is InChI=1S/C20H24N6O2/c1-13-2-3-18(25-6-4-14(9-21)5-7-25)17(8-13)24-20(28)16-11-23-26-12-15(27)10-22-19(16)26/h2-3,8,10-12,14,27H,4-7,9,21H2,1H3,(H,24,28). The minimum Gasteiger partial charge on any atom is -0.505 e. The second kappa shape index (κ2) is 7.47. The van der Waals surface area contributed by atoms with Crippen LogP contribution in [0.25, 0.3) is 5.65 Å². The van der Waals surface area contributed by atoms with Crippen LogP contribution < -0.4 is 16.0 Å². The number of carbonyl (C=O) groups excluding carboxylic acids is 1. The first-order valence-corrected chi connectivity index (χ1v) is 9.44. The van der Waals surface area contributed by atoms with E-state index in [1.807, 2.05) is 13.0 Å². The average Bonchev–Trinajstić information content (AvgIpc) is 3.11. The lowest BCUT2D eigenvalue weighted by Crippen LogP contribution is -2.36. The SMILES string of the molecule is Cc1ccc(N2CCC(CN)CC2)c(NC(=O)c2cnn3cc(O)cnc23)c1. The van der Waals surface area contributed by atoms with E-state index in [1.165, 1.54) is 23.1 Å². The molecule has 0 atom stereocenters. The topological polar surface area (TPSA) is 109 Å². The van der Waals surface area contributed by atoms with Crippen LogP contribution in [0.15, 0.2) is 36.8 Å². The van der Waals surface area contributed by atoms with E-state index in [2.05, 4.69) is 32.4 Å². The number of aromatic hydroxyl groups is 1. The Labute approximate surface area is 163 Å². The number of nitrogens with two attached hydrogens (primary N) is 1. The monoisotopic (exact) mass is 380 g/mol. The number of nitrogens with zero attached hydrogens (tertiary/aromatic N) is 4. The molecule has 0 bridgehead atoms. The Kier molecular flexibility index (Phi) is 4.87. The Morgan fingerprint density at radius 3 is 2.86 bits per heavy atom. The van der Waals surface area contributed by atoms with Crippen LogP contribution >= 0.6 is 0 Å². The summed E-state index contributed by atoms with van der Waals surface area (Å²) < 4.78 is 1.39. The summed E-state index contributed by atoms with van der Waals surface area (Å²) in [4.78, 5) is 19.3. The van der Waals surface area contributed by atoms with Crippen molar-refractivity contribution in [2.24, 2.45) is 11.7 Å². The molecule has 1 saturated heterocycles. The molecule has 0 spiro atoms. The molecule has 1 aliphatic heterocycles. The van der Waals surface area contributed by atoms with E-state index in [0.29, 0.717) is 17.1 Å². The molecule has 3 heterocycles. The molecule has 0 aliphatic carbocycles. The van der Waals surface area contributed by atoms with E-state index < -0.39 is 0 Å². The molecular weight excluding hydrogens is 356 g/mol. The summed E-state index contributed by atoms with van der Waals surface area (Å²) in [7, 11) is 0. The van der Waals surface area contributed by atoms with Crippen molar-refractivity contribution >= 4 is 22.9 Å². The van der Waals surface area contributed by atoms with Gasteiger partial charge in [-0.1, -0.05) is 6.07 Å². The highest BCUT2D eigenvalue weighted by atomic mass is 16.3. The van der Waals surface area contributed by atoms with Gasteiger partial charge in [0.25, 0.3) is 5.91 Å². The molecule has 1 fully saturated rings. The second-order valence-corrected chi connectivity index (χ2v) is 7.28. The molecule has 3 aromatic rings. The Bertz CT molecular complexity index is 1010. The van der Waals surface area contributed by atoms with E-state index in [-0.39, 0.29) is 11.7 Å². The lowest BCUT2D eigenvalue weighted by atomic mass is 9.96. The third-order valence-electron chi connectivity index (χ3n) is 5.28. The number of hydrogen-bond acceptors (Lipinski definition) is 6. The largest absolute Gasteiger partial charge is 0.505 e. The summed E-state index contributed by atoms with van der Waals surface area (Å²) in [5.41, 5.74) is 9.41. The fourth-order valence-electron chi connectivity index (χ4n) is 3.65. The number of fused-ring (bicyclic) bond motifs is 1. The number of aromatic nitrogens is 3. The van der Waals surface area contributed by atoms with Gasteiger partial charge in [0.15, 0.2) is 11.4 Å². The molecule has 2 aromatic heterocycles. The van der Waals surface area contributed by atoms with Crippen molar-refractivity contribution in [3.05, 3.63) is 47.9 Å². The zero-order valence-electron chi connectivity index (χ0n) is 15.8. The minimum absolute atomic E-state index is 0.00981. The zero-order valence-corrected chi connectivity index (χ0v) is 15.8. The first-order valence-electron chi connectivity index (χ1n) is 9.44. The van der Waals surface area contributed by atoms with Gasteiger partial charge in [0.05, 0.1) is 30.0 Å². The van der Waals surface area contributed by atoms with Crippen molar-refractivity contribution in [2.45, 2.75) is 19.8 Å². The molecule has 4 N–H and O–H groups in total. The fraction of sp³-hybridized carbons (Fsp3) is 0.350. The van der Waals surface area contributed by atoms with Gasteiger partial charge >= 0.3 is 0 Å². The van der Waals surface area contributed by atoms with Gasteiger partial charge in [0.1, 0.15) is 5.56 Å². The number of anilines is 2. The van der Waals surface area contributed by atoms with Crippen LogP contribution in [0, 0.1) is 12.8 Å². The van der Waals surface area contributed by atoms with Gasteiger partial charge in [-0.25, -0.2) is 9.50 Å². The molecule has 0 unspecified atom stereocenters. The highest BCUT2D eigenvalue weighted by Gasteiger charge is 2.22. The molecule has 8 nitrogen and oxygen atoms in total. The fourth-order valence-corrected chi connectivity index (χ4v) is 3.65. The maximum atomic E-state index is 12.9. The summed E-state index contributed by atoms with van der Waals surface area (Å²) in [6.45, 7) is 4.57. The van der Waals surface area contributed by atoms with E-state index in [0.717, 1.165) is 49.4 Å². The Morgan fingerprint density at radius 1 is 1.32 bits per heavy atom. The maximum absolute atomic E-state index is 12.9. The normalized spacial score (nSPS) is 15.1. The Balaban J connectivity index is 1.60. The summed E-state index contributed by atoms with van der Waals surface area (Å²) in [6, 6.07) is 6.09. The lowest BCUT2D eigenvalue weighted by Gasteiger charge is -2.34. The molecular formula is C20H24N6O2. The summed E-state index contributed by atoms with van der Waals surface area (Å²) in [5, 5.41) is 16.6. The molecule has 1 aliphatic rings. The van der Waals surface area contributed by atoms with E-state index in [9.17, 15) is 9.90 Å². The van der Waals surface area contributed by atoms with Gasteiger partial charge in [-0.3, -0.25) is 4.79 Å². The zero-order chi connectivity index (χ0) is 19.7. The number of aryl methyl sites for hydroxylation is 1. The highest BCUT2D eigenvalue weighted by molar-refractivity contribution is 6.09. The van der Waals surface area contributed by atoms with Crippen LogP contribution in [0.2, 0.25) is 0 Å². The number of hydrogen-bond donors (Lipinski definition) is 3. The predicted octanol–water partition coefficient (Wildman–Crippen LogP) is 2.17. The van der Waals surface area contributed by atoms with Gasteiger partial charge in [0, 0.05) is 13.1 Å². The van der Waals surface area contributed by atoms with E-state index in [1.54, 1.807) is 0 Å². The van der Waals surface area contributed by atoms with Crippen LogP contribution in [0.1, 0.15) is 28.8 Å². The van der Waals surface area contributed by atoms with Crippen LogP contribution in [0.5, 0.6) is 5.75 Å². The third-order valence-corrected chi connectivity index (χ3v) is 5.28. The number of amides is 1. The Hall–Kier alpha value is -3.13. The second-order valence-electron chi connectivity index (χ2n) is 7.28. The summed E-state index contributed by atoms with van der Waals surface area (Å²) in [5.74, 6) is 0.280. The van der Waals surface area contributed by atoms with Crippen LogP contribution in [-0.2, 0) is 0 Å². The smallest absolute Gasteiger partial charge is 0.261 e. The number of piperidine rings is 1. The van der Waals surface area contributed by atoms with Crippen molar-refractivity contribution in [3.63, 3.8) is 0 Å². The van der Waals surface area contributed by atoms with Gasteiger partial charge in [-0.05, 0) is 49.9 Å². The number of benzene rings is 1. The molecule has 0 saturated carbocycles. The van der Waals surface area contributed by atoms with Crippen LogP contribution in [0.4, 0.5) is 11.4 Å². The van der Waals surface area contributed by atoms with Crippen molar-refractivity contribution in [1.29, 1.82) is 0 Å². The maximum Gasteiger partial charge on any atom is 0.261 e. The molecule has 146 valence electrons. The lowest BCUT2D eigenvalue weighted by molar-refractivity contribution is 0.102. The van der Waals surface area contributed by atoms with Crippen LogP contribution in [0.3, 0.4) is 0 Å². The molecule has 1 amide bonds. The summed E-state index contributed by atoms with van der Waals surface area (Å²) >= 11 is 0. The van der Waals surface area contributed by atoms with E-state index in [4.69, 9.17) is 5.73 Å². The van der Waals surface area contributed by atoms with Gasteiger partial charge < -0.3 is 21.1 Å². The molecule has 1 aromatic carbocycles. The third kappa shape index (κ3) is 3.50. The minimum atomic E-state index is -0.281.